The number of oxazole rings is 1. The van der Waals surface area contributed by atoms with Crippen LogP contribution in [0.4, 0.5) is 0 Å². The molecule has 2 aromatic carbocycles. The zero-order valence-corrected chi connectivity index (χ0v) is 18.6. The van der Waals surface area contributed by atoms with Crippen molar-refractivity contribution in [1.29, 1.82) is 0 Å². The number of likely N-dealkylation sites (tertiary alicyclic amines) is 1. The van der Waals surface area contributed by atoms with Gasteiger partial charge >= 0.3 is 0 Å². The van der Waals surface area contributed by atoms with E-state index in [4.69, 9.17) is 20.8 Å². The van der Waals surface area contributed by atoms with E-state index in [0.717, 1.165) is 47.4 Å². The average Bonchev–Trinajstić information content (AvgIpc) is 3.47. The van der Waals surface area contributed by atoms with Crippen LogP contribution in [0.3, 0.4) is 0 Å². The Labute approximate surface area is 191 Å². The number of ether oxygens (including phenoxy) is 1. The van der Waals surface area contributed by atoms with Crippen molar-refractivity contribution in [1.82, 2.24) is 14.9 Å². The second-order valence-corrected chi connectivity index (χ2v) is 8.60. The highest BCUT2D eigenvalue weighted by Crippen LogP contribution is 2.30. The highest BCUT2D eigenvalue weighted by atomic mass is 35.5. The van der Waals surface area contributed by atoms with Crippen molar-refractivity contribution in [2.75, 3.05) is 20.2 Å². The summed E-state index contributed by atoms with van der Waals surface area (Å²) >= 11 is 5.97. The van der Waals surface area contributed by atoms with Gasteiger partial charge in [0.05, 0.1) is 19.2 Å². The van der Waals surface area contributed by atoms with Gasteiger partial charge in [0, 0.05) is 35.4 Å². The molecule has 0 bridgehead atoms. The maximum absolute atomic E-state index is 13.2. The molecule has 4 aromatic rings. The molecule has 0 radical (unpaired) electrons. The Morgan fingerprint density at radius 2 is 2.12 bits per heavy atom. The number of fused-ring (bicyclic) bond motifs is 1. The number of carbonyl (C=O) groups is 1. The lowest BCUT2D eigenvalue weighted by Crippen LogP contribution is -2.39. The molecule has 0 saturated carbocycles. The molecule has 5 rings (SSSR count). The molecule has 1 aliphatic heterocycles. The third kappa shape index (κ3) is 4.10. The second-order valence-electron chi connectivity index (χ2n) is 8.16. The number of piperidine rings is 1. The van der Waals surface area contributed by atoms with Crippen molar-refractivity contribution in [3.63, 3.8) is 0 Å². The number of rotatable bonds is 5. The van der Waals surface area contributed by atoms with Gasteiger partial charge in [0.1, 0.15) is 17.2 Å². The molecule has 7 heteroatoms. The summed E-state index contributed by atoms with van der Waals surface area (Å²) in [5.74, 6) is 2.34. The molecule has 1 unspecified atom stereocenters. The summed E-state index contributed by atoms with van der Waals surface area (Å²) in [7, 11) is 1.63. The molecule has 0 aliphatic carbocycles. The Balaban J connectivity index is 1.30. The number of benzene rings is 2. The quantitative estimate of drug-likeness (QED) is 0.441. The summed E-state index contributed by atoms with van der Waals surface area (Å²) in [5.41, 5.74) is 2.58. The first-order chi connectivity index (χ1) is 15.6. The number of aromatic nitrogens is 2. The van der Waals surface area contributed by atoms with E-state index in [9.17, 15) is 4.79 Å². The van der Waals surface area contributed by atoms with Gasteiger partial charge in [-0.2, -0.15) is 0 Å². The first-order valence-electron chi connectivity index (χ1n) is 10.7. The monoisotopic (exact) mass is 449 g/mol. The number of methoxy groups -OCH3 is 1. The standard InChI is InChI=1S/C25H24ClN3O3/c1-31-23-6-2-5-21-20(23)13-22(28-21)25(30)29-11-3-4-17(15-29)24-27-14-19(32-24)12-16-7-9-18(26)10-8-16/h2,5-10,13-14,17,28H,3-4,11-12,15H2,1H3. The number of nitrogens with zero attached hydrogens (tertiary/aromatic N) is 2. The zero-order chi connectivity index (χ0) is 22.1. The fourth-order valence-corrected chi connectivity index (χ4v) is 4.48. The van der Waals surface area contributed by atoms with Gasteiger partial charge in [0.25, 0.3) is 5.91 Å². The first kappa shape index (κ1) is 20.6. The molecule has 164 valence electrons. The van der Waals surface area contributed by atoms with Crippen LogP contribution in [0.2, 0.25) is 5.02 Å². The van der Waals surface area contributed by atoms with Crippen LogP contribution in [0.25, 0.3) is 10.9 Å². The maximum atomic E-state index is 13.2. The van der Waals surface area contributed by atoms with Gasteiger partial charge in [-0.1, -0.05) is 29.8 Å². The smallest absolute Gasteiger partial charge is 0.270 e. The molecular weight excluding hydrogens is 426 g/mol. The van der Waals surface area contributed by atoms with Crippen LogP contribution in [-0.2, 0) is 6.42 Å². The van der Waals surface area contributed by atoms with Crippen molar-refractivity contribution < 1.29 is 13.9 Å². The van der Waals surface area contributed by atoms with Crippen LogP contribution in [0.5, 0.6) is 5.75 Å². The third-order valence-electron chi connectivity index (χ3n) is 6.00. The van der Waals surface area contributed by atoms with Crippen molar-refractivity contribution in [2.24, 2.45) is 0 Å². The Morgan fingerprint density at radius 3 is 2.94 bits per heavy atom. The number of carbonyl (C=O) groups excluding carboxylic acids is 1. The third-order valence-corrected chi connectivity index (χ3v) is 6.25. The topological polar surface area (TPSA) is 71.4 Å². The molecule has 1 atom stereocenters. The number of hydrogen-bond acceptors (Lipinski definition) is 4. The van der Waals surface area contributed by atoms with Crippen LogP contribution in [0.1, 0.15) is 46.5 Å². The molecule has 32 heavy (non-hydrogen) atoms. The molecule has 1 N–H and O–H groups in total. The molecule has 3 heterocycles. The number of aromatic amines is 1. The van der Waals surface area contributed by atoms with E-state index in [0.29, 0.717) is 29.6 Å². The highest BCUT2D eigenvalue weighted by Gasteiger charge is 2.29. The van der Waals surface area contributed by atoms with Gasteiger partial charge in [-0.15, -0.1) is 0 Å². The minimum Gasteiger partial charge on any atom is -0.496 e. The summed E-state index contributed by atoms with van der Waals surface area (Å²) in [4.78, 5) is 22.9. The van der Waals surface area contributed by atoms with Crippen LogP contribution in [-0.4, -0.2) is 41.0 Å². The maximum Gasteiger partial charge on any atom is 0.270 e. The summed E-state index contributed by atoms with van der Waals surface area (Å²) in [6.45, 7) is 1.31. The van der Waals surface area contributed by atoms with Crippen LogP contribution in [0, 0.1) is 0 Å². The summed E-state index contributed by atoms with van der Waals surface area (Å²) in [5, 5.41) is 1.62. The number of H-pyrrole nitrogens is 1. The van der Waals surface area contributed by atoms with E-state index in [2.05, 4.69) is 9.97 Å². The fraction of sp³-hybridized carbons (Fsp3) is 0.280. The van der Waals surface area contributed by atoms with Crippen molar-refractivity contribution >= 4 is 28.4 Å². The van der Waals surface area contributed by atoms with Gasteiger partial charge < -0.3 is 19.0 Å². The lowest BCUT2D eigenvalue weighted by Gasteiger charge is -2.31. The Morgan fingerprint density at radius 1 is 1.28 bits per heavy atom. The van der Waals surface area contributed by atoms with E-state index in [-0.39, 0.29) is 11.8 Å². The van der Waals surface area contributed by atoms with Crippen LogP contribution < -0.4 is 4.74 Å². The largest absolute Gasteiger partial charge is 0.496 e. The Hall–Kier alpha value is -3.25. The lowest BCUT2D eigenvalue weighted by molar-refractivity contribution is 0.0693. The van der Waals surface area contributed by atoms with Crippen LogP contribution >= 0.6 is 11.6 Å². The van der Waals surface area contributed by atoms with E-state index >= 15 is 0 Å². The van der Waals surface area contributed by atoms with Gasteiger partial charge in [-0.3, -0.25) is 4.79 Å². The summed E-state index contributed by atoms with van der Waals surface area (Å²) < 4.78 is 11.5. The molecule has 1 aliphatic rings. The number of amides is 1. The van der Waals surface area contributed by atoms with E-state index in [1.165, 1.54) is 0 Å². The predicted octanol–water partition coefficient (Wildman–Crippen LogP) is 5.43. The van der Waals surface area contributed by atoms with Crippen molar-refractivity contribution in [3.05, 3.63) is 82.7 Å². The fourth-order valence-electron chi connectivity index (χ4n) is 4.35. The lowest BCUT2D eigenvalue weighted by atomic mass is 9.97. The van der Waals surface area contributed by atoms with Gasteiger partial charge in [0.2, 0.25) is 0 Å². The molecule has 2 aromatic heterocycles. The molecule has 1 amide bonds. The SMILES string of the molecule is COc1cccc2[nH]c(C(=O)N3CCCC(c4ncc(Cc5ccc(Cl)cc5)o4)C3)cc12. The molecule has 1 saturated heterocycles. The Bertz CT molecular complexity index is 1250. The number of nitrogens with one attached hydrogen (secondary N) is 1. The normalized spacial score (nSPS) is 16.4. The predicted molar refractivity (Wildman–Crippen MR) is 123 cm³/mol. The average molecular weight is 450 g/mol. The summed E-state index contributed by atoms with van der Waals surface area (Å²) in [6.07, 6.45) is 4.31. The summed E-state index contributed by atoms with van der Waals surface area (Å²) in [6, 6.07) is 15.3. The minimum atomic E-state index is -0.0131. The number of halogens is 1. The second kappa shape index (κ2) is 8.71. The Kier molecular flexibility index (Phi) is 5.62. The van der Waals surface area contributed by atoms with E-state index in [1.807, 2.05) is 53.4 Å². The zero-order valence-electron chi connectivity index (χ0n) is 17.8. The molecule has 6 nitrogen and oxygen atoms in total. The minimum absolute atomic E-state index is 0.0131. The van der Waals surface area contributed by atoms with E-state index < -0.39 is 0 Å². The highest BCUT2D eigenvalue weighted by molar-refractivity contribution is 6.30. The first-order valence-corrected chi connectivity index (χ1v) is 11.1. The number of hydrogen-bond donors (Lipinski definition) is 1. The molecule has 1 fully saturated rings. The van der Waals surface area contributed by atoms with Crippen molar-refractivity contribution in [3.8, 4) is 5.75 Å². The molecule has 0 spiro atoms. The van der Waals surface area contributed by atoms with Gasteiger partial charge in [-0.25, -0.2) is 4.98 Å². The molecular formula is C25H24ClN3O3. The van der Waals surface area contributed by atoms with Crippen molar-refractivity contribution in [2.45, 2.75) is 25.2 Å². The van der Waals surface area contributed by atoms with E-state index in [1.54, 1.807) is 13.3 Å². The van der Waals surface area contributed by atoms with Gasteiger partial charge in [-0.05, 0) is 48.7 Å². The van der Waals surface area contributed by atoms with Crippen LogP contribution in [0.15, 0.2) is 59.1 Å². The van der Waals surface area contributed by atoms with Gasteiger partial charge in [0.15, 0.2) is 5.89 Å².